The van der Waals surface area contributed by atoms with Gasteiger partial charge in [-0.3, -0.25) is 14.6 Å². The highest BCUT2D eigenvalue weighted by molar-refractivity contribution is 5.77. The van der Waals surface area contributed by atoms with Crippen LogP contribution in [-0.2, 0) is 16.1 Å². The molecule has 1 aromatic heterocycles. The lowest BCUT2D eigenvalue weighted by Gasteiger charge is -2.25. The van der Waals surface area contributed by atoms with Crippen molar-refractivity contribution < 1.29 is 9.59 Å². The third-order valence-electron chi connectivity index (χ3n) is 5.24. The second-order valence-electron chi connectivity index (χ2n) is 7.10. The Morgan fingerprint density at radius 1 is 1.21 bits per heavy atom. The van der Waals surface area contributed by atoms with Crippen LogP contribution in [0.2, 0.25) is 0 Å². The molecule has 1 atom stereocenters. The molecule has 2 aliphatic rings. The highest BCUT2D eigenvalue weighted by atomic mass is 16.2. The first-order valence-corrected chi connectivity index (χ1v) is 9.12. The summed E-state index contributed by atoms with van der Waals surface area (Å²) in [6.45, 7) is 2.86. The van der Waals surface area contributed by atoms with Crippen LogP contribution in [0.25, 0.3) is 0 Å². The van der Waals surface area contributed by atoms with Crippen molar-refractivity contribution in [1.82, 2.24) is 15.2 Å². The Labute approximate surface area is 143 Å². The van der Waals surface area contributed by atoms with Gasteiger partial charge in [0.15, 0.2) is 0 Å². The summed E-state index contributed by atoms with van der Waals surface area (Å²) in [6.07, 6.45) is 9.53. The number of likely N-dealkylation sites (tertiary alicyclic amines) is 1. The number of nitrogens with zero attached hydrogens (tertiary/aromatic N) is 2. The van der Waals surface area contributed by atoms with Crippen LogP contribution >= 0.6 is 0 Å². The average molecular weight is 329 g/mol. The van der Waals surface area contributed by atoms with Gasteiger partial charge in [0.05, 0.1) is 11.7 Å². The van der Waals surface area contributed by atoms with E-state index in [-0.39, 0.29) is 11.9 Å². The maximum atomic E-state index is 12.7. The lowest BCUT2D eigenvalue weighted by molar-refractivity contribution is -0.133. The van der Waals surface area contributed by atoms with E-state index in [0.29, 0.717) is 24.8 Å². The van der Waals surface area contributed by atoms with E-state index in [1.807, 2.05) is 23.2 Å². The molecule has 130 valence electrons. The Hall–Kier alpha value is -1.91. The predicted molar refractivity (Wildman–Crippen MR) is 92.0 cm³/mol. The number of hydrogen-bond donors (Lipinski definition) is 1. The fraction of sp³-hybridized carbons (Fsp3) is 0.632. The number of carbonyl (C=O) groups is 2. The molecule has 2 amide bonds. The third-order valence-corrected chi connectivity index (χ3v) is 5.24. The minimum atomic E-state index is -0.0430. The second kappa shape index (κ2) is 7.77. The fourth-order valence-electron chi connectivity index (χ4n) is 3.92. The van der Waals surface area contributed by atoms with Crippen molar-refractivity contribution in [1.29, 1.82) is 0 Å². The van der Waals surface area contributed by atoms with Gasteiger partial charge in [0.25, 0.3) is 0 Å². The van der Waals surface area contributed by atoms with Crippen molar-refractivity contribution in [3.8, 4) is 0 Å². The molecule has 3 rings (SSSR count). The van der Waals surface area contributed by atoms with E-state index in [0.717, 1.165) is 30.6 Å². The lowest BCUT2D eigenvalue weighted by atomic mass is 10.0. The molecule has 24 heavy (non-hydrogen) atoms. The molecule has 1 saturated heterocycles. The van der Waals surface area contributed by atoms with Crippen molar-refractivity contribution in [3.63, 3.8) is 0 Å². The van der Waals surface area contributed by atoms with Gasteiger partial charge < -0.3 is 10.2 Å². The fourth-order valence-corrected chi connectivity index (χ4v) is 3.92. The maximum absolute atomic E-state index is 12.7. The van der Waals surface area contributed by atoms with Gasteiger partial charge in [-0.2, -0.15) is 0 Å². The van der Waals surface area contributed by atoms with Crippen LogP contribution < -0.4 is 5.32 Å². The molecule has 1 aromatic rings. The normalized spacial score (nSPS) is 21.2. The van der Waals surface area contributed by atoms with Crippen LogP contribution in [0.1, 0.15) is 69.2 Å². The van der Waals surface area contributed by atoms with Crippen molar-refractivity contribution in [2.75, 3.05) is 6.54 Å². The first-order valence-electron chi connectivity index (χ1n) is 9.12. The highest BCUT2D eigenvalue weighted by Crippen LogP contribution is 2.34. The number of amides is 2. The van der Waals surface area contributed by atoms with Crippen LogP contribution in [0.15, 0.2) is 18.3 Å². The minimum absolute atomic E-state index is 0.0430. The summed E-state index contributed by atoms with van der Waals surface area (Å²) in [5.74, 6) is 0.846. The molecule has 1 aliphatic heterocycles. The zero-order valence-electron chi connectivity index (χ0n) is 14.5. The smallest absolute Gasteiger partial charge is 0.223 e. The summed E-state index contributed by atoms with van der Waals surface area (Å²) in [6, 6.07) is 4.12. The van der Waals surface area contributed by atoms with Gasteiger partial charge in [0, 0.05) is 32.6 Å². The molecule has 0 bridgehead atoms. The van der Waals surface area contributed by atoms with E-state index in [4.69, 9.17) is 0 Å². The molecular formula is C19H27N3O2. The Bertz CT molecular complexity index is 579. The molecule has 0 spiro atoms. The molecular weight excluding hydrogens is 302 g/mol. The Morgan fingerprint density at radius 2 is 2.00 bits per heavy atom. The van der Waals surface area contributed by atoms with E-state index in [9.17, 15) is 9.59 Å². The Kier molecular flexibility index (Phi) is 5.48. The van der Waals surface area contributed by atoms with Crippen LogP contribution in [0.4, 0.5) is 0 Å². The van der Waals surface area contributed by atoms with Crippen molar-refractivity contribution >= 4 is 11.8 Å². The number of carbonyl (C=O) groups excluding carboxylic acids is 2. The highest BCUT2D eigenvalue weighted by Gasteiger charge is 2.32. The molecule has 2 fully saturated rings. The molecule has 0 aromatic carbocycles. The predicted octanol–water partition coefficient (Wildman–Crippen LogP) is 2.96. The Balaban J connectivity index is 1.61. The standard InChI is InChI=1S/C19H27N3O2/c1-14(23)20-12-16-8-9-17(21-13-16)18-7-4-10-22(18)19(24)11-15-5-2-3-6-15/h8-9,13,15,18H,2-7,10-12H2,1H3,(H,20,23)/t18-/m0/s1. The lowest BCUT2D eigenvalue weighted by Crippen LogP contribution is -2.32. The Morgan fingerprint density at radius 3 is 2.67 bits per heavy atom. The SMILES string of the molecule is CC(=O)NCc1ccc([C@@H]2CCCN2C(=O)CC2CCCC2)nc1. The zero-order chi connectivity index (χ0) is 16.9. The van der Waals surface area contributed by atoms with Gasteiger partial charge in [-0.15, -0.1) is 0 Å². The minimum Gasteiger partial charge on any atom is -0.352 e. The van der Waals surface area contributed by atoms with Crippen LogP contribution in [0.3, 0.4) is 0 Å². The van der Waals surface area contributed by atoms with Crippen LogP contribution in [0, 0.1) is 5.92 Å². The second-order valence-corrected chi connectivity index (χ2v) is 7.10. The van der Waals surface area contributed by atoms with E-state index < -0.39 is 0 Å². The molecule has 1 aliphatic carbocycles. The molecule has 1 N–H and O–H groups in total. The third kappa shape index (κ3) is 4.13. The van der Waals surface area contributed by atoms with Crippen molar-refractivity contribution in [2.45, 2.75) is 64.5 Å². The number of nitrogens with one attached hydrogen (secondary N) is 1. The summed E-state index contributed by atoms with van der Waals surface area (Å²) < 4.78 is 0. The van der Waals surface area contributed by atoms with E-state index >= 15 is 0 Å². The van der Waals surface area contributed by atoms with Crippen molar-refractivity contribution in [2.24, 2.45) is 5.92 Å². The van der Waals surface area contributed by atoms with Gasteiger partial charge in [0.1, 0.15) is 0 Å². The molecule has 5 nitrogen and oxygen atoms in total. The van der Waals surface area contributed by atoms with Crippen molar-refractivity contribution in [3.05, 3.63) is 29.6 Å². The van der Waals surface area contributed by atoms with E-state index in [1.165, 1.54) is 32.6 Å². The zero-order valence-corrected chi connectivity index (χ0v) is 14.5. The first-order chi connectivity index (χ1) is 11.6. The number of hydrogen-bond acceptors (Lipinski definition) is 3. The molecule has 2 heterocycles. The summed E-state index contributed by atoms with van der Waals surface area (Å²) in [4.78, 5) is 30.3. The van der Waals surface area contributed by atoms with Crippen LogP contribution in [0.5, 0.6) is 0 Å². The molecule has 0 radical (unpaired) electrons. The van der Waals surface area contributed by atoms with E-state index in [2.05, 4.69) is 10.3 Å². The topological polar surface area (TPSA) is 62.3 Å². The monoisotopic (exact) mass is 329 g/mol. The van der Waals surface area contributed by atoms with Gasteiger partial charge in [-0.25, -0.2) is 0 Å². The first kappa shape index (κ1) is 16.9. The summed E-state index contributed by atoms with van der Waals surface area (Å²) in [7, 11) is 0. The van der Waals surface area contributed by atoms with Gasteiger partial charge in [-0.05, 0) is 43.2 Å². The number of aromatic nitrogens is 1. The summed E-state index contributed by atoms with van der Waals surface area (Å²) in [5, 5.41) is 2.77. The molecule has 0 unspecified atom stereocenters. The van der Waals surface area contributed by atoms with E-state index in [1.54, 1.807) is 0 Å². The van der Waals surface area contributed by atoms with Gasteiger partial charge in [-0.1, -0.05) is 18.9 Å². The average Bonchev–Trinajstić information content (AvgIpc) is 3.24. The summed E-state index contributed by atoms with van der Waals surface area (Å²) in [5.41, 5.74) is 1.95. The largest absolute Gasteiger partial charge is 0.352 e. The van der Waals surface area contributed by atoms with Gasteiger partial charge in [0.2, 0.25) is 11.8 Å². The number of pyridine rings is 1. The van der Waals surface area contributed by atoms with Crippen LogP contribution in [-0.4, -0.2) is 28.2 Å². The number of rotatable bonds is 5. The quantitative estimate of drug-likeness (QED) is 0.903. The summed E-state index contributed by atoms with van der Waals surface area (Å²) >= 11 is 0. The van der Waals surface area contributed by atoms with Gasteiger partial charge >= 0.3 is 0 Å². The molecule has 1 saturated carbocycles. The molecule has 5 heteroatoms. The maximum Gasteiger partial charge on any atom is 0.223 e.